The predicted molar refractivity (Wildman–Crippen MR) is 129 cm³/mol. The smallest absolute Gasteiger partial charge is 0.260 e. The van der Waals surface area contributed by atoms with Crippen molar-refractivity contribution in [1.29, 1.82) is 0 Å². The number of fused-ring (bicyclic) bond motifs is 2. The molecule has 1 aromatic carbocycles. The Bertz CT molecular complexity index is 1290. The molecule has 34 heavy (non-hydrogen) atoms. The fourth-order valence-electron chi connectivity index (χ4n) is 4.95. The summed E-state index contributed by atoms with van der Waals surface area (Å²) in [5.41, 5.74) is 2.68. The molecule has 0 N–H and O–H groups in total. The van der Waals surface area contributed by atoms with Gasteiger partial charge in [-0.2, -0.15) is 0 Å². The molecule has 8 heteroatoms. The second-order valence-corrected chi connectivity index (χ2v) is 8.79. The highest BCUT2D eigenvalue weighted by atomic mass is 19.1. The van der Waals surface area contributed by atoms with Gasteiger partial charge in [-0.05, 0) is 55.7 Å². The van der Waals surface area contributed by atoms with Gasteiger partial charge in [-0.3, -0.25) is 19.5 Å². The average molecular weight is 460 g/mol. The first-order valence-corrected chi connectivity index (χ1v) is 11.1. The zero-order valence-electron chi connectivity index (χ0n) is 18.3. The van der Waals surface area contributed by atoms with E-state index in [-0.39, 0.29) is 31.3 Å². The standard InChI is InChI=1S/C25H22FN5O2.CH4/c1-14-24(32)29(2)20-11-12-21(28-23(20)30(14)16-8-9-16)31-22(19-10-7-15(26)13-27-19)17-5-3-4-6-18(17)25(31)33;/h3-7,10-14,16,22H,8-9H2,1-2H3;1H4. The molecule has 6 rings (SSSR count). The van der Waals surface area contributed by atoms with E-state index >= 15 is 0 Å². The van der Waals surface area contributed by atoms with Gasteiger partial charge < -0.3 is 9.80 Å². The highest BCUT2D eigenvalue weighted by Crippen LogP contribution is 2.45. The van der Waals surface area contributed by atoms with E-state index in [0.717, 1.165) is 30.3 Å². The maximum atomic E-state index is 13.6. The molecule has 0 spiro atoms. The third kappa shape index (κ3) is 3.16. The number of nitrogens with zero attached hydrogens (tertiary/aromatic N) is 5. The van der Waals surface area contributed by atoms with Crippen LogP contribution in [0.4, 0.5) is 21.7 Å². The lowest BCUT2D eigenvalue weighted by molar-refractivity contribution is -0.119. The van der Waals surface area contributed by atoms with Crippen LogP contribution in [-0.2, 0) is 4.79 Å². The highest BCUT2D eigenvalue weighted by Gasteiger charge is 2.44. The van der Waals surface area contributed by atoms with Crippen molar-refractivity contribution in [3.05, 3.63) is 77.4 Å². The van der Waals surface area contributed by atoms with Crippen LogP contribution in [0.5, 0.6) is 0 Å². The van der Waals surface area contributed by atoms with Gasteiger partial charge in [0.2, 0.25) is 5.91 Å². The molecule has 0 bridgehead atoms. The Labute approximate surface area is 197 Å². The van der Waals surface area contributed by atoms with Crippen molar-refractivity contribution in [2.24, 2.45) is 0 Å². The zero-order chi connectivity index (χ0) is 22.9. The maximum absolute atomic E-state index is 13.6. The van der Waals surface area contributed by atoms with Crippen LogP contribution in [0.2, 0.25) is 0 Å². The Balaban J connectivity index is 0.00000241. The van der Waals surface area contributed by atoms with E-state index in [1.807, 2.05) is 31.2 Å². The Morgan fingerprint density at radius 1 is 1.03 bits per heavy atom. The number of hydrogen-bond donors (Lipinski definition) is 0. The number of pyridine rings is 2. The molecule has 1 aliphatic carbocycles. The Morgan fingerprint density at radius 3 is 2.50 bits per heavy atom. The Kier molecular flexibility index (Phi) is 5.11. The summed E-state index contributed by atoms with van der Waals surface area (Å²) in [5, 5.41) is 0. The normalized spacial score (nSPS) is 21.3. The van der Waals surface area contributed by atoms with Crippen LogP contribution < -0.4 is 14.7 Å². The van der Waals surface area contributed by atoms with Gasteiger partial charge >= 0.3 is 0 Å². The first-order valence-electron chi connectivity index (χ1n) is 11.1. The fraction of sp³-hybridized carbons (Fsp3) is 0.308. The van der Waals surface area contributed by atoms with E-state index in [1.54, 1.807) is 35.0 Å². The molecule has 3 aliphatic rings. The second kappa shape index (κ2) is 7.90. The molecule has 3 aromatic rings. The van der Waals surface area contributed by atoms with E-state index in [4.69, 9.17) is 4.98 Å². The predicted octanol–water partition coefficient (Wildman–Crippen LogP) is 4.34. The van der Waals surface area contributed by atoms with E-state index < -0.39 is 11.9 Å². The third-order valence-electron chi connectivity index (χ3n) is 6.73. The third-order valence-corrected chi connectivity index (χ3v) is 6.73. The van der Waals surface area contributed by atoms with Crippen LogP contribution in [0, 0.1) is 5.82 Å². The topological polar surface area (TPSA) is 69.6 Å². The van der Waals surface area contributed by atoms with Gasteiger partial charge in [0.05, 0.1) is 17.6 Å². The highest BCUT2D eigenvalue weighted by molar-refractivity contribution is 6.11. The minimum absolute atomic E-state index is 0. The summed E-state index contributed by atoms with van der Waals surface area (Å²) in [4.78, 5) is 40.9. The van der Waals surface area contributed by atoms with Crippen LogP contribution in [0.3, 0.4) is 0 Å². The number of rotatable bonds is 3. The number of hydrogen-bond acceptors (Lipinski definition) is 5. The number of benzene rings is 1. The number of halogens is 1. The van der Waals surface area contributed by atoms with Crippen molar-refractivity contribution in [2.45, 2.75) is 45.3 Å². The van der Waals surface area contributed by atoms with Gasteiger partial charge in [0.1, 0.15) is 23.7 Å². The quantitative estimate of drug-likeness (QED) is 0.583. The Morgan fingerprint density at radius 2 is 1.79 bits per heavy atom. The monoisotopic (exact) mass is 459 g/mol. The molecule has 1 fully saturated rings. The molecule has 0 radical (unpaired) electrons. The average Bonchev–Trinajstić information content (AvgIpc) is 3.62. The first-order chi connectivity index (χ1) is 16.0. The van der Waals surface area contributed by atoms with Crippen LogP contribution in [0.25, 0.3) is 0 Å². The molecule has 0 saturated heterocycles. The van der Waals surface area contributed by atoms with Crippen molar-refractivity contribution in [1.82, 2.24) is 9.97 Å². The van der Waals surface area contributed by atoms with E-state index in [1.165, 1.54) is 6.07 Å². The minimum Gasteiger partial charge on any atom is -0.340 e. The number of carbonyl (C=O) groups is 2. The summed E-state index contributed by atoms with van der Waals surface area (Å²) < 4.78 is 13.6. The molecule has 4 heterocycles. The van der Waals surface area contributed by atoms with Gasteiger partial charge in [-0.25, -0.2) is 9.37 Å². The molecule has 2 atom stereocenters. The first kappa shape index (κ1) is 22.0. The molecule has 174 valence electrons. The van der Waals surface area contributed by atoms with E-state index in [2.05, 4.69) is 9.88 Å². The summed E-state index contributed by atoms with van der Waals surface area (Å²) >= 11 is 0. The van der Waals surface area contributed by atoms with Gasteiger partial charge in [0, 0.05) is 18.7 Å². The van der Waals surface area contributed by atoms with Gasteiger partial charge in [-0.15, -0.1) is 0 Å². The lowest BCUT2D eigenvalue weighted by Crippen LogP contribution is -2.52. The van der Waals surface area contributed by atoms with Crippen molar-refractivity contribution >= 4 is 29.1 Å². The van der Waals surface area contributed by atoms with Crippen molar-refractivity contribution in [3.8, 4) is 0 Å². The maximum Gasteiger partial charge on any atom is 0.260 e. The number of carbonyl (C=O) groups excluding carboxylic acids is 2. The van der Waals surface area contributed by atoms with Crippen molar-refractivity contribution in [3.63, 3.8) is 0 Å². The molecule has 2 amide bonds. The van der Waals surface area contributed by atoms with Gasteiger partial charge in [0.15, 0.2) is 5.82 Å². The summed E-state index contributed by atoms with van der Waals surface area (Å²) in [7, 11) is 1.76. The number of amides is 2. The molecule has 7 nitrogen and oxygen atoms in total. The van der Waals surface area contributed by atoms with Crippen LogP contribution in [-0.4, -0.2) is 40.9 Å². The summed E-state index contributed by atoms with van der Waals surface area (Å²) in [6.45, 7) is 1.90. The fourth-order valence-corrected chi connectivity index (χ4v) is 4.95. The minimum atomic E-state index is -0.519. The second-order valence-electron chi connectivity index (χ2n) is 8.79. The van der Waals surface area contributed by atoms with Crippen LogP contribution in [0.1, 0.15) is 54.8 Å². The largest absolute Gasteiger partial charge is 0.340 e. The van der Waals surface area contributed by atoms with Gasteiger partial charge in [-0.1, -0.05) is 25.6 Å². The summed E-state index contributed by atoms with van der Waals surface area (Å²) in [6, 6.07) is 13.4. The summed E-state index contributed by atoms with van der Waals surface area (Å²) in [5.74, 6) is 0.602. The van der Waals surface area contributed by atoms with E-state index in [0.29, 0.717) is 22.9 Å². The zero-order valence-corrected chi connectivity index (χ0v) is 18.3. The molecule has 2 aliphatic heterocycles. The number of likely N-dealkylation sites (N-methyl/N-ethyl adjacent to an activating group) is 1. The molecular formula is C26H26FN5O2. The van der Waals surface area contributed by atoms with Crippen molar-refractivity contribution in [2.75, 3.05) is 21.7 Å². The molecule has 1 saturated carbocycles. The molecule has 2 unspecified atom stereocenters. The molecular weight excluding hydrogens is 433 g/mol. The number of anilines is 3. The van der Waals surface area contributed by atoms with Crippen LogP contribution in [0.15, 0.2) is 54.7 Å². The van der Waals surface area contributed by atoms with E-state index in [9.17, 15) is 14.0 Å². The Hall–Kier alpha value is -3.81. The summed E-state index contributed by atoms with van der Waals surface area (Å²) in [6.07, 6.45) is 3.20. The number of aromatic nitrogens is 2. The molecule has 2 aromatic heterocycles. The lowest BCUT2D eigenvalue weighted by Gasteiger charge is -2.40. The SMILES string of the molecule is C.CC1C(=O)N(C)c2ccc(N3C(=O)c4ccccc4C3c3ccc(F)cn3)nc2N1C1CC1. The lowest BCUT2D eigenvalue weighted by atomic mass is 10.0. The van der Waals surface area contributed by atoms with Crippen LogP contribution >= 0.6 is 0 Å². The van der Waals surface area contributed by atoms with Gasteiger partial charge in [0.25, 0.3) is 5.91 Å². The van der Waals surface area contributed by atoms with Crippen molar-refractivity contribution < 1.29 is 14.0 Å².